The minimum Gasteiger partial charge on any atom is -0.366 e. The Morgan fingerprint density at radius 1 is 1.25 bits per heavy atom. The van der Waals surface area contributed by atoms with Crippen LogP contribution < -0.4 is 11.1 Å². The quantitative estimate of drug-likeness (QED) is 0.715. The minimum atomic E-state index is -0.531. The van der Waals surface area contributed by atoms with Crippen LogP contribution >= 0.6 is 0 Å². The van der Waals surface area contributed by atoms with E-state index in [-0.39, 0.29) is 12.3 Å². The van der Waals surface area contributed by atoms with E-state index in [9.17, 15) is 9.59 Å². The zero-order chi connectivity index (χ0) is 12.0. The topological polar surface area (TPSA) is 96.0 Å². The number of amides is 2. The Labute approximate surface area is 92.9 Å². The maximum Gasteiger partial charge on any atom is 0.251 e. The third kappa shape index (κ3) is 3.10. The van der Waals surface area contributed by atoms with Crippen LogP contribution in [0.5, 0.6) is 0 Å². The number of hydrogen-bond donors (Lipinski definition) is 2. The zero-order valence-electron chi connectivity index (χ0n) is 8.56. The van der Waals surface area contributed by atoms with Crippen LogP contribution in [0.4, 0.5) is 0 Å². The van der Waals surface area contributed by atoms with E-state index in [1.165, 1.54) is 24.3 Å². The first-order chi connectivity index (χ1) is 7.65. The summed E-state index contributed by atoms with van der Waals surface area (Å²) in [6, 6.07) is 7.93. The summed E-state index contributed by atoms with van der Waals surface area (Å²) in [7, 11) is 0. The molecule has 0 heterocycles. The third-order valence-electron chi connectivity index (χ3n) is 1.95. The van der Waals surface area contributed by atoms with E-state index in [4.69, 9.17) is 11.0 Å². The summed E-state index contributed by atoms with van der Waals surface area (Å²) in [4.78, 5) is 22.2. The number of primary amides is 1. The average molecular weight is 217 g/mol. The number of rotatable bonds is 4. The Morgan fingerprint density at radius 2 is 1.81 bits per heavy atom. The lowest BCUT2D eigenvalue weighted by atomic mass is 10.1. The third-order valence-corrected chi connectivity index (χ3v) is 1.95. The molecule has 1 aromatic rings. The highest BCUT2D eigenvalue weighted by atomic mass is 16.2. The van der Waals surface area contributed by atoms with Gasteiger partial charge in [0, 0.05) is 17.7 Å². The van der Waals surface area contributed by atoms with Gasteiger partial charge >= 0.3 is 0 Å². The summed E-state index contributed by atoms with van der Waals surface area (Å²) in [6.07, 6.45) is 0.269. The average Bonchev–Trinajstić information content (AvgIpc) is 2.29. The highest BCUT2D eigenvalue weighted by Gasteiger charge is 2.05. The van der Waals surface area contributed by atoms with Gasteiger partial charge in [0.2, 0.25) is 5.91 Å². The Bertz CT molecular complexity index is 432. The highest BCUT2D eigenvalue weighted by Crippen LogP contribution is 2.03. The van der Waals surface area contributed by atoms with E-state index in [2.05, 4.69) is 5.32 Å². The van der Waals surface area contributed by atoms with Crippen molar-refractivity contribution < 1.29 is 9.59 Å². The second-order valence-corrected chi connectivity index (χ2v) is 3.11. The van der Waals surface area contributed by atoms with E-state index in [1.807, 2.05) is 6.07 Å². The summed E-state index contributed by atoms with van der Waals surface area (Å²) in [6.45, 7) is 0.312. The van der Waals surface area contributed by atoms with Crippen molar-refractivity contribution in [3.63, 3.8) is 0 Å². The van der Waals surface area contributed by atoms with Gasteiger partial charge in [-0.25, -0.2) is 0 Å². The molecule has 82 valence electrons. The molecular formula is C11H11N3O2. The van der Waals surface area contributed by atoms with E-state index >= 15 is 0 Å². The van der Waals surface area contributed by atoms with Gasteiger partial charge < -0.3 is 11.1 Å². The number of hydrogen-bond acceptors (Lipinski definition) is 3. The fourth-order valence-corrected chi connectivity index (χ4v) is 1.12. The van der Waals surface area contributed by atoms with Gasteiger partial charge in [0.1, 0.15) is 0 Å². The number of nitriles is 1. The van der Waals surface area contributed by atoms with Crippen molar-refractivity contribution >= 4 is 11.8 Å². The lowest BCUT2D eigenvalue weighted by molar-refractivity contribution is 0.0951. The second kappa shape index (κ2) is 5.51. The van der Waals surface area contributed by atoms with Crippen LogP contribution in [0.15, 0.2) is 24.3 Å². The van der Waals surface area contributed by atoms with Gasteiger partial charge in [0.15, 0.2) is 0 Å². The molecule has 5 heteroatoms. The lowest BCUT2D eigenvalue weighted by Crippen LogP contribution is -2.24. The maximum atomic E-state index is 11.5. The van der Waals surface area contributed by atoms with Crippen LogP contribution in [-0.4, -0.2) is 18.4 Å². The van der Waals surface area contributed by atoms with E-state index in [1.54, 1.807) is 0 Å². The standard InChI is InChI=1S/C11H11N3O2/c12-6-1-7-14-11(16)9-4-2-8(3-5-9)10(13)15/h2-5H,1,7H2,(H2,13,15)(H,14,16). The number of carbonyl (C=O) groups is 2. The van der Waals surface area contributed by atoms with Crippen LogP contribution in [0.25, 0.3) is 0 Å². The molecule has 2 amide bonds. The number of nitrogens with two attached hydrogens (primary N) is 1. The Hall–Kier alpha value is -2.35. The molecule has 0 spiro atoms. The van der Waals surface area contributed by atoms with Crippen LogP contribution in [0.3, 0.4) is 0 Å². The molecule has 3 N–H and O–H groups in total. The van der Waals surface area contributed by atoms with Gasteiger partial charge in [-0.3, -0.25) is 9.59 Å². The molecule has 1 aromatic carbocycles. The van der Waals surface area contributed by atoms with Crippen LogP contribution in [-0.2, 0) is 0 Å². The van der Waals surface area contributed by atoms with Gasteiger partial charge in [-0.2, -0.15) is 5.26 Å². The Morgan fingerprint density at radius 3 is 2.31 bits per heavy atom. The molecule has 0 aliphatic heterocycles. The SMILES string of the molecule is N#CCCNC(=O)c1ccc(C(N)=O)cc1. The van der Waals surface area contributed by atoms with E-state index < -0.39 is 5.91 Å². The second-order valence-electron chi connectivity index (χ2n) is 3.11. The lowest BCUT2D eigenvalue weighted by Gasteiger charge is -2.03. The van der Waals surface area contributed by atoms with Crippen molar-refractivity contribution in [2.24, 2.45) is 5.73 Å². The molecule has 16 heavy (non-hydrogen) atoms. The first-order valence-electron chi connectivity index (χ1n) is 4.70. The van der Waals surface area contributed by atoms with Crippen molar-refractivity contribution in [1.29, 1.82) is 5.26 Å². The molecular weight excluding hydrogens is 206 g/mol. The Balaban J connectivity index is 2.64. The fourth-order valence-electron chi connectivity index (χ4n) is 1.12. The van der Waals surface area contributed by atoms with Crippen molar-refractivity contribution in [2.45, 2.75) is 6.42 Å². The van der Waals surface area contributed by atoms with Gasteiger partial charge in [0.05, 0.1) is 12.5 Å². The molecule has 0 saturated carbocycles. The summed E-state index contributed by atoms with van der Waals surface area (Å²) in [5, 5.41) is 10.9. The number of benzene rings is 1. The molecule has 0 radical (unpaired) electrons. The van der Waals surface area contributed by atoms with Gasteiger partial charge in [-0.1, -0.05) is 0 Å². The van der Waals surface area contributed by atoms with Gasteiger partial charge in [-0.15, -0.1) is 0 Å². The molecule has 0 aromatic heterocycles. The number of nitrogens with one attached hydrogen (secondary N) is 1. The molecule has 0 unspecified atom stereocenters. The number of nitrogens with zero attached hydrogens (tertiary/aromatic N) is 1. The fraction of sp³-hybridized carbons (Fsp3) is 0.182. The Kier molecular flexibility index (Phi) is 4.04. The van der Waals surface area contributed by atoms with E-state index in [0.29, 0.717) is 17.7 Å². The summed E-state index contributed by atoms with van der Waals surface area (Å²) < 4.78 is 0. The monoisotopic (exact) mass is 217 g/mol. The number of carbonyl (C=O) groups excluding carboxylic acids is 2. The van der Waals surface area contributed by atoms with Gasteiger partial charge in [-0.05, 0) is 24.3 Å². The van der Waals surface area contributed by atoms with Crippen molar-refractivity contribution in [2.75, 3.05) is 6.54 Å². The molecule has 0 aliphatic carbocycles. The van der Waals surface area contributed by atoms with Crippen molar-refractivity contribution in [1.82, 2.24) is 5.32 Å². The molecule has 0 fully saturated rings. The maximum absolute atomic E-state index is 11.5. The normalized spacial score (nSPS) is 9.19. The van der Waals surface area contributed by atoms with Crippen LogP contribution in [0, 0.1) is 11.3 Å². The molecule has 0 bridgehead atoms. The summed E-state index contributed by atoms with van der Waals surface area (Å²) >= 11 is 0. The predicted molar refractivity (Wildman–Crippen MR) is 57.5 cm³/mol. The predicted octanol–water partition coefficient (Wildman–Crippen LogP) is 0.429. The molecule has 1 rings (SSSR count). The highest BCUT2D eigenvalue weighted by molar-refractivity contribution is 5.97. The summed E-state index contributed by atoms with van der Waals surface area (Å²) in [5.41, 5.74) is 5.85. The minimum absolute atomic E-state index is 0.269. The van der Waals surface area contributed by atoms with Gasteiger partial charge in [0.25, 0.3) is 5.91 Å². The first-order valence-corrected chi connectivity index (χ1v) is 4.70. The molecule has 5 nitrogen and oxygen atoms in total. The first kappa shape index (κ1) is 11.7. The van der Waals surface area contributed by atoms with Crippen LogP contribution in [0.2, 0.25) is 0 Å². The smallest absolute Gasteiger partial charge is 0.251 e. The largest absolute Gasteiger partial charge is 0.366 e. The summed E-state index contributed by atoms with van der Waals surface area (Å²) in [5.74, 6) is -0.803. The zero-order valence-corrected chi connectivity index (χ0v) is 8.56. The molecule has 0 saturated heterocycles. The van der Waals surface area contributed by atoms with Crippen molar-refractivity contribution in [3.8, 4) is 6.07 Å². The molecule has 0 atom stereocenters. The molecule has 0 aliphatic rings. The van der Waals surface area contributed by atoms with E-state index in [0.717, 1.165) is 0 Å². The van der Waals surface area contributed by atoms with Crippen molar-refractivity contribution in [3.05, 3.63) is 35.4 Å². The van der Waals surface area contributed by atoms with Crippen LogP contribution in [0.1, 0.15) is 27.1 Å².